The number of nitro groups is 1. The van der Waals surface area contributed by atoms with Gasteiger partial charge in [0.2, 0.25) is 0 Å². The third kappa shape index (κ3) is 6.03. The van der Waals surface area contributed by atoms with E-state index in [2.05, 4.69) is 15.2 Å². The van der Waals surface area contributed by atoms with Gasteiger partial charge in [-0.25, -0.2) is 0 Å². The molecule has 0 aliphatic rings. The number of aryl methyl sites for hydroxylation is 1. The lowest BCUT2D eigenvalue weighted by Gasteiger charge is -2.14. The Balaban J connectivity index is 1.75. The van der Waals surface area contributed by atoms with E-state index in [1.807, 2.05) is 0 Å². The van der Waals surface area contributed by atoms with Gasteiger partial charge in [0, 0.05) is 43.6 Å². The highest BCUT2D eigenvalue weighted by molar-refractivity contribution is 5.64. The van der Waals surface area contributed by atoms with Crippen molar-refractivity contribution < 1.29 is 32.3 Å². The van der Waals surface area contributed by atoms with Crippen LogP contribution in [0.2, 0.25) is 0 Å². The Morgan fingerprint density at radius 3 is 2.53 bits per heavy atom. The number of nitro benzene ring substituents is 1. The van der Waals surface area contributed by atoms with Crippen molar-refractivity contribution in [1.29, 1.82) is 0 Å². The molecule has 0 amide bonds. The summed E-state index contributed by atoms with van der Waals surface area (Å²) in [6, 6.07) is 9.61. The zero-order valence-electron chi connectivity index (χ0n) is 17.0. The largest absolute Gasteiger partial charge is 0.573 e. The second-order valence-electron chi connectivity index (χ2n) is 6.58. The summed E-state index contributed by atoms with van der Waals surface area (Å²) >= 11 is 0. The van der Waals surface area contributed by atoms with Crippen molar-refractivity contribution >= 4 is 11.4 Å². The monoisotopic (exact) mass is 452 g/mol. The highest BCUT2D eigenvalue weighted by atomic mass is 19.4. The lowest BCUT2D eigenvalue weighted by molar-refractivity contribution is -0.384. The molecule has 1 aromatic heterocycles. The Hall–Kier alpha value is -3.96. The number of rotatable bonds is 9. The Morgan fingerprint density at radius 2 is 1.91 bits per heavy atom. The van der Waals surface area contributed by atoms with Crippen LogP contribution in [0.25, 0.3) is 0 Å². The molecular weight excluding hydrogens is 433 g/mol. The summed E-state index contributed by atoms with van der Waals surface area (Å²) in [5.74, 6) is 0.0723. The van der Waals surface area contributed by atoms with Gasteiger partial charge in [0.15, 0.2) is 0 Å². The first-order valence-corrected chi connectivity index (χ1v) is 9.21. The van der Waals surface area contributed by atoms with E-state index in [-0.39, 0.29) is 30.3 Å². The summed E-state index contributed by atoms with van der Waals surface area (Å²) in [6.45, 7) is 0.215. The number of alkyl halides is 3. The Bertz CT molecular complexity index is 1100. The molecule has 0 atom stereocenters. The molecule has 1 heterocycles. The van der Waals surface area contributed by atoms with Crippen molar-refractivity contribution in [2.75, 3.05) is 12.4 Å². The Labute approximate surface area is 180 Å². The van der Waals surface area contributed by atoms with Crippen LogP contribution in [0.15, 0.2) is 48.7 Å². The molecule has 0 fully saturated rings. The zero-order valence-corrected chi connectivity index (χ0v) is 17.0. The van der Waals surface area contributed by atoms with Crippen molar-refractivity contribution in [2.24, 2.45) is 7.05 Å². The lowest BCUT2D eigenvalue weighted by Crippen LogP contribution is -2.17. The molecule has 0 saturated heterocycles. The number of methoxy groups -OCH3 is 1. The van der Waals surface area contributed by atoms with Gasteiger partial charge in [-0.3, -0.25) is 14.8 Å². The van der Waals surface area contributed by atoms with E-state index in [1.54, 1.807) is 24.0 Å². The van der Waals surface area contributed by atoms with E-state index in [1.165, 1.54) is 31.4 Å². The minimum atomic E-state index is -4.83. The quantitative estimate of drug-likeness (QED) is 0.379. The molecule has 0 unspecified atom stereocenters. The predicted octanol–water partition coefficient (Wildman–Crippen LogP) is 4.43. The molecule has 0 aliphatic carbocycles. The maximum atomic E-state index is 12.4. The first-order valence-electron chi connectivity index (χ1n) is 9.21. The van der Waals surface area contributed by atoms with Gasteiger partial charge in [-0.05, 0) is 24.3 Å². The summed E-state index contributed by atoms with van der Waals surface area (Å²) in [4.78, 5) is 10.8. The van der Waals surface area contributed by atoms with Crippen LogP contribution < -0.4 is 19.5 Å². The molecule has 0 bridgehead atoms. The number of anilines is 1. The minimum Gasteiger partial charge on any atom is -0.496 e. The van der Waals surface area contributed by atoms with Gasteiger partial charge in [0.25, 0.3) is 5.69 Å². The molecule has 12 heteroatoms. The molecule has 0 saturated carbocycles. The first-order chi connectivity index (χ1) is 15.1. The Kier molecular flexibility index (Phi) is 6.71. The number of ether oxygens (including phenoxy) is 3. The van der Waals surface area contributed by atoms with E-state index in [9.17, 15) is 23.3 Å². The standard InChI is InChI=1S/C20H19F3N4O5/c1-26-8-7-14(25-26)12-31-15-5-6-18(27(28)29)17(9-15)24-11-13-3-4-16(10-19(13)30-2)32-20(21,22)23/h3-10,24H,11-12H2,1-2H3. The van der Waals surface area contributed by atoms with E-state index in [0.29, 0.717) is 17.0 Å². The van der Waals surface area contributed by atoms with Crippen LogP contribution >= 0.6 is 0 Å². The highest BCUT2D eigenvalue weighted by Crippen LogP contribution is 2.32. The normalized spacial score (nSPS) is 11.2. The molecular formula is C20H19F3N4O5. The van der Waals surface area contributed by atoms with Crippen LogP contribution in [0.5, 0.6) is 17.2 Å². The maximum Gasteiger partial charge on any atom is 0.573 e. The van der Waals surface area contributed by atoms with Gasteiger partial charge in [-0.2, -0.15) is 5.10 Å². The molecule has 2 aromatic carbocycles. The molecule has 170 valence electrons. The number of aromatic nitrogens is 2. The second kappa shape index (κ2) is 9.45. The maximum absolute atomic E-state index is 12.4. The van der Waals surface area contributed by atoms with Crippen LogP contribution in [0.4, 0.5) is 24.5 Å². The van der Waals surface area contributed by atoms with Crippen molar-refractivity contribution in [3.63, 3.8) is 0 Å². The summed E-state index contributed by atoms with van der Waals surface area (Å²) in [7, 11) is 3.07. The smallest absolute Gasteiger partial charge is 0.496 e. The summed E-state index contributed by atoms with van der Waals surface area (Å²) in [5, 5.41) is 18.5. The third-order valence-electron chi connectivity index (χ3n) is 4.28. The van der Waals surface area contributed by atoms with Crippen LogP contribution in [-0.4, -0.2) is 28.2 Å². The van der Waals surface area contributed by atoms with E-state index in [0.717, 1.165) is 12.1 Å². The number of benzene rings is 2. The van der Waals surface area contributed by atoms with Crippen molar-refractivity contribution in [1.82, 2.24) is 9.78 Å². The van der Waals surface area contributed by atoms with Crippen molar-refractivity contribution in [2.45, 2.75) is 19.5 Å². The summed E-state index contributed by atoms with van der Waals surface area (Å²) in [6.07, 6.45) is -3.07. The van der Waals surface area contributed by atoms with Crippen molar-refractivity contribution in [3.8, 4) is 17.2 Å². The fourth-order valence-electron chi connectivity index (χ4n) is 2.86. The lowest BCUT2D eigenvalue weighted by atomic mass is 10.1. The summed E-state index contributed by atoms with van der Waals surface area (Å²) in [5.41, 5.74) is 1.14. The number of nitrogens with one attached hydrogen (secondary N) is 1. The van der Waals surface area contributed by atoms with Gasteiger partial charge in [0.05, 0.1) is 17.7 Å². The number of hydrogen-bond acceptors (Lipinski definition) is 7. The average Bonchev–Trinajstić information content (AvgIpc) is 3.15. The minimum absolute atomic E-state index is 0.0417. The van der Waals surface area contributed by atoms with Crippen molar-refractivity contribution in [3.05, 3.63) is 70.0 Å². The Morgan fingerprint density at radius 1 is 1.16 bits per heavy atom. The predicted molar refractivity (Wildman–Crippen MR) is 108 cm³/mol. The third-order valence-corrected chi connectivity index (χ3v) is 4.28. The number of halogens is 3. The first kappa shape index (κ1) is 22.7. The van der Waals surface area contributed by atoms with Crippen LogP contribution in [0, 0.1) is 10.1 Å². The molecule has 1 N–H and O–H groups in total. The highest BCUT2D eigenvalue weighted by Gasteiger charge is 2.31. The molecule has 0 radical (unpaired) electrons. The molecule has 0 aliphatic heterocycles. The van der Waals surface area contributed by atoms with Gasteiger partial charge in [-0.15, -0.1) is 13.2 Å². The fourth-order valence-corrected chi connectivity index (χ4v) is 2.86. The van der Waals surface area contributed by atoms with Gasteiger partial charge in [-0.1, -0.05) is 0 Å². The SMILES string of the molecule is COc1cc(OC(F)(F)F)ccc1CNc1cc(OCc2ccn(C)n2)ccc1[N+](=O)[O-]. The van der Waals surface area contributed by atoms with Crippen LogP contribution in [0.1, 0.15) is 11.3 Å². The van der Waals surface area contributed by atoms with E-state index in [4.69, 9.17) is 9.47 Å². The number of hydrogen-bond donors (Lipinski definition) is 1. The van der Waals surface area contributed by atoms with Gasteiger partial charge in [0.1, 0.15) is 29.5 Å². The fraction of sp³-hybridized carbons (Fsp3) is 0.250. The molecule has 3 aromatic rings. The van der Waals surface area contributed by atoms with Gasteiger partial charge >= 0.3 is 6.36 Å². The topological polar surface area (TPSA) is 101 Å². The molecule has 0 spiro atoms. The van der Waals surface area contributed by atoms with E-state index >= 15 is 0 Å². The van der Waals surface area contributed by atoms with Crippen LogP contribution in [-0.2, 0) is 20.2 Å². The molecule has 9 nitrogen and oxygen atoms in total. The van der Waals surface area contributed by atoms with Crippen LogP contribution in [0.3, 0.4) is 0 Å². The summed E-state index contributed by atoms with van der Waals surface area (Å²) < 4.78 is 53.5. The average molecular weight is 452 g/mol. The number of nitrogens with zero attached hydrogens (tertiary/aromatic N) is 3. The molecule has 3 rings (SSSR count). The zero-order chi connectivity index (χ0) is 23.3. The van der Waals surface area contributed by atoms with Gasteiger partial charge < -0.3 is 19.5 Å². The molecule has 32 heavy (non-hydrogen) atoms. The second-order valence-corrected chi connectivity index (χ2v) is 6.58. The van der Waals surface area contributed by atoms with E-state index < -0.39 is 17.0 Å².